The predicted molar refractivity (Wildman–Crippen MR) is 131 cm³/mol. The Balaban J connectivity index is 2.41. The van der Waals surface area contributed by atoms with E-state index in [2.05, 4.69) is 105 Å². The fraction of sp³-hybridized carbons (Fsp3) is 0.789. The number of aromatic amines is 1. The first-order chi connectivity index (χ1) is 12.5. The van der Waals surface area contributed by atoms with Gasteiger partial charge in [-0.05, 0) is 75.1 Å². The number of nitrogens with zero attached hydrogens (tertiary/aromatic N) is 2. The van der Waals surface area contributed by atoms with Crippen LogP contribution >= 0.6 is 45.2 Å². The van der Waals surface area contributed by atoms with E-state index in [0.29, 0.717) is 19.6 Å². The van der Waals surface area contributed by atoms with E-state index in [4.69, 9.17) is 9.41 Å². The van der Waals surface area contributed by atoms with Crippen LogP contribution in [0, 0.1) is 18.7 Å². The van der Waals surface area contributed by atoms with Crippen LogP contribution in [0.4, 0.5) is 4.79 Å². The third kappa shape index (κ3) is 4.41. The number of imidazole rings is 1. The van der Waals surface area contributed by atoms with Crippen LogP contribution in [0.5, 0.6) is 0 Å². The normalized spacial score (nSPS) is 24.1. The molecule has 2 atom stereocenters. The van der Waals surface area contributed by atoms with E-state index in [1.165, 1.54) is 0 Å². The Bertz CT molecular complexity index is 720. The monoisotopic (exact) mass is 633 g/mol. The summed E-state index contributed by atoms with van der Waals surface area (Å²) in [6.45, 7) is 18.5. The van der Waals surface area contributed by atoms with Crippen LogP contribution in [-0.4, -0.2) is 47.5 Å². The van der Waals surface area contributed by atoms with Crippen LogP contribution < -0.4 is 0 Å². The Labute approximate surface area is 197 Å². The Morgan fingerprint density at radius 2 is 1.89 bits per heavy atom. The molecule has 2 rings (SSSR count). The van der Waals surface area contributed by atoms with Gasteiger partial charge in [0.2, 0.25) is 0 Å². The molecule has 28 heavy (non-hydrogen) atoms. The van der Waals surface area contributed by atoms with Crippen molar-refractivity contribution >= 4 is 59.6 Å². The minimum Gasteiger partial charge on any atom is -0.465 e. The van der Waals surface area contributed by atoms with Gasteiger partial charge in [0.25, 0.3) is 0 Å². The van der Waals surface area contributed by atoms with Crippen molar-refractivity contribution in [3.63, 3.8) is 0 Å². The molecule has 9 heteroatoms. The maximum Gasteiger partial charge on any atom is 0.408 e. The maximum atomic E-state index is 12.3. The van der Waals surface area contributed by atoms with Crippen molar-refractivity contribution in [3.8, 4) is 0 Å². The highest BCUT2D eigenvalue weighted by Gasteiger charge is 2.58. The molecule has 2 N–H and O–H groups in total. The van der Waals surface area contributed by atoms with E-state index in [9.17, 15) is 9.90 Å². The van der Waals surface area contributed by atoms with Crippen LogP contribution in [0.3, 0.4) is 0 Å². The maximum absolute atomic E-state index is 12.3. The van der Waals surface area contributed by atoms with E-state index in [-0.39, 0.29) is 16.4 Å². The van der Waals surface area contributed by atoms with E-state index in [1.54, 1.807) is 4.90 Å². The molecule has 0 spiro atoms. The van der Waals surface area contributed by atoms with Crippen molar-refractivity contribution in [1.82, 2.24) is 14.9 Å². The molecular formula is C19H33I2N3O3Si. The molecule has 0 aromatic carbocycles. The Hall–Kier alpha value is 0.117. The molecule has 1 aliphatic rings. The number of hydrogen-bond donors (Lipinski definition) is 2. The molecule has 6 nitrogen and oxygen atoms in total. The zero-order valence-corrected chi connectivity index (χ0v) is 23.4. The van der Waals surface area contributed by atoms with E-state index in [0.717, 1.165) is 13.2 Å². The van der Waals surface area contributed by atoms with Gasteiger partial charge in [0.1, 0.15) is 18.8 Å². The van der Waals surface area contributed by atoms with Gasteiger partial charge in [-0.15, -0.1) is 0 Å². The number of likely N-dealkylation sites (tertiary alicyclic amines) is 1. The minimum atomic E-state index is -1.89. The summed E-state index contributed by atoms with van der Waals surface area (Å²) in [5, 5.41) is 10.2. The standard InChI is InChI=1S/C19H33I2N3O3Si/c1-17(2,3)19(15-22-13(20)14(21)23-15)9-12(10-24(19)16(25)26)11-27-28(7,8)18(4,5)6/h12H,9-11H2,1-8H3,(H,22,23)(H,25,26)/t12-,19+/m0/s1. The molecule has 160 valence electrons. The molecule has 1 aromatic rings. The summed E-state index contributed by atoms with van der Waals surface area (Å²) >= 11 is 4.42. The van der Waals surface area contributed by atoms with Crippen molar-refractivity contribution in [1.29, 1.82) is 0 Å². The highest BCUT2D eigenvalue weighted by Crippen LogP contribution is 2.52. The number of hydrogen-bond acceptors (Lipinski definition) is 3. The van der Waals surface area contributed by atoms with Crippen LogP contribution in [0.15, 0.2) is 0 Å². The lowest BCUT2D eigenvalue weighted by Gasteiger charge is -2.45. The second-order valence-electron chi connectivity index (χ2n) is 10.3. The summed E-state index contributed by atoms with van der Waals surface area (Å²) in [4.78, 5) is 22.0. The summed E-state index contributed by atoms with van der Waals surface area (Å²) < 4.78 is 8.29. The second kappa shape index (κ2) is 7.99. The number of carboxylic acid groups (broad SMARTS) is 1. The third-order valence-electron chi connectivity index (χ3n) is 6.45. The van der Waals surface area contributed by atoms with Gasteiger partial charge in [-0.3, -0.25) is 4.90 Å². The first-order valence-electron chi connectivity index (χ1n) is 9.59. The highest BCUT2D eigenvalue weighted by atomic mass is 127. The van der Waals surface area contributed by atoms with Crippen LogP contribution in [-0.2, 0) is 9.96 Å². The van der Waals surface area contributed by atoms with E-state index >= 15 is 0 Å². The number of carbonyl (C=O) groups is 1. The molecular weight excluding hydrogens is 600 g/mol. The third-order valence-corrected chi connectivity index (χ3v) is 13.5. The number of nitrogens with one attached hydrogen (secondary N) is 1. The van der Waals surface area contributed by atoms with Crippen molar-refractivity contribution in [2.75, 3.05) is 13.2 Å². The molecule has 0 aliphatic carbocycles. The first-order valence-corrected chi connectivity index (χ1v) is 14.7. The second-order valence-corrected chi connectivity index (χ2v) is 17.2. The van der Waals surface area contributed by atoms with Crippen LogP contribution in [0.25, 0.3) is 0 Å². The van der Waals surface area contributed by atoms with E-state index in [1.807, 2.05) is 0 Å². The number of rotatable bonds is 4. The summed E-state index contributed by atoms with van der Waals surface area (Å²) in [6, 6.07) is 0. The molecule has 0 saturated carbocycles. The molecule has 1 fully saturated rings. The zero-order valence-electron chi connectivity index (χ0n) is 18.1. The fourth-order valence-corrected chi connectivity index (χ4v) is 5.56. The van der Waals surface area contributed by atoms with Gasteiger partial charge in [0, 0.05) is 19.1 Å². The molecule has 1 aliphatic heterocycles. The van der Waals surface area contributed by atoms with Crippen molar-refractivity contribution in [2.45, 2.75) is 71.6 Å². The lowest BCUT2D eigenvalue weighted by molar-refractivity contribution is 0.0212. The molecule has 0 bridgehead atoms. The van der Waals surface area contributed by atoms with Gasteiger partial charge < -0.3 is 14.5 Å². The van der Waals surface area contributed by atoms with Crippen molar-refractivity contribution < 1.29 is 14.3 Å². The Morgan fingerprint density at radius 3 is 2.29 bits per heavy atom. The summed E-state index contributed by atoms with van der Waals surface area (Å²) in [5.41, 5.74) is -1.02. The topological polar surface area (TPSA) is 78.5 Å². The predicted octanol–water partition coefficient (Wildman–Crippen LogP) is 5.88. The average Bonchev–Trinajstić information content (AvgIpc) is 3.06. The summed E-state index contributed by atoms with van der Waals surface area (Å²) in [6.07, 6.45) is -0.192. The van der Waals surface area contributed by atoms with Gasteiger partial charge >= 0.3 is 6.09 Å². The van der Waals surface area contributed by atoms with Crippen LogP contribution in [0.2, 0.25) is 18.1 Å². The van der Waals surface area contributed by atoms with Gasteiger partial charge in [-0.2, -0.15) is 0 Å². The van der Waals surface area contributed by atoms with Gasteiger partial charge in [0.15, 0.2) is 8.32 Å². The molecule has 1 aromatic heterocycles. The summed E-state index contributed by atoms with van der Waals surface area (Å²) in [7, 11) is -1.89. The number of halogens is 2. The van der Waals surface area contributed by atoms with Gasteiger partial charge in [-0.25, -0.2) is 9.78 Å². The zero-order chi connectivity index (χ0) is 21.7. The minimum absolute atomic E-state index is 0.131. The Morgan fingerprint density at radius 1 is 1.32 bits per heavy atom. The lowest BCUT2D eigenvalue weighted by Crippen LogP contribution is -2.53. The fourth-order valence-electron chi connectivity index (χ4n) is 3.72. The Kier molecular flexibility index (Phi) is 6.96. The quantitative estimate of drug-likeness (QED) is 0.321. The SMILES string of the molecule is CC(C)(C)[C@]1(c2nc(I)c(I)[nH]2)C[C@H](CO[Si](C)(C)C(C)(C)C)CN1C(=O)O. The number of H-pyrrole nitrogens is 1. The molecule has 2 heterocycles. The first kappa shape index (κ1) is 24.4. The molecule has 0 radical (unpaired) electrons. The lowest BCUT2D eigenvalue weighted by atomic mass is 9.70. The number of amides is 1. The van der Waals surface area contributed by atoms with Gasteiger partial charge in [0.05, 0.1) is 0 Å². The van der Waals surface area contributed by atoms with Crippen LogP contribution in [0.1, 0.15) is 53.8 Å². The molecule has 0 unspecified atom stereocenters. The van der Waals surface area contributed by atoms with Gasteiger partial charge in [-0.1, -0.05) is 41.5 Å². The molecule has 1 amide bonds. The van der Waals surface area contributed by atoms with E-state index < -0.39 is 19.9 Å². The smallest absolute Gasteiger partial charge is 0.408 e. The van der Waals surface area contributed by atoms with Crippen molar-refractivity contribution in [3.05, 3.63) is 13.2 Å². The average molecular weight is 633 g/mol. The number of aromatic nitrogens is 2. The highest BCUT2D eigenvalue weighted by molar-refractivity contribution is 14.1. The summed E-state index contributed by atoms with van der Waals surface area (Å²) in [5.74, 6) is 0.885. The molecule has 1 saturated heterocycles. The largest absolute Gasteiger partial charge is 0.465 e. The van der Waals surface area contributed by atoms with Crippen molar-refractivity contribution in [2.24, 2.45) is 11.3 Å².